The van der Waals surface area contributed by atoms with Gasteiger partial charge in [-0.2, -0.15) is 0 Å². The highest BCUT2D eigenvalue weighted by Gasteiger charge is 2.17. The molecule has 140 valence electrons. The van der Waals surface area contributed by atoms with Crippen molar-refractivity contribution in [2.45, 2.75) is 20.4 Å². The standard InChI is InChI=1S/C21H20N6O/c1-13-6-8-15(9-7-13)19-20(16-5-3-4-10-22-16)27-17(26-19)11-23-21(28)18-14(2)24-12-25-18/h3-10,12H,11H2,1-2H3,(H,23,28)(H,24,25)(H,26,27). The van der Waals surface area contributed by atoms with Crippen LogP contribution in [0.4, 0.5) is 0 Å². The van der Waals surface area contributed by atoms with Gasteiger partial charge in [0.1, 0.15) is 11.5 Å². The van der Waals surface area contributed by atoms with E-state index in [0.29, 0.717) is 11.5 Å². The molecule has 3 aromatic heterocycles. The van der Waals surface area contributed by atoms with Gasteiger partial charge >= 0.3 is 0 Å². The lowest BCUT2D eigenvalue weighted by Gasteiger charge is -2.02. The molecule has 0 fully saturated rings. The van der Waals surface area contributed by atoms with E-state index in [4.69, 9.17) is 4.98 Å². The second kappa shape index (κ2) is 7.48. The van der Waals surface area contributed by atoms with Gasteiger partial charge in [-0.1, -0.05) is 35.9 Å². The van der Waals surface area contributed by atoms with Gasteiger partial charge in [-0.15, -0.1) is 0 Å². The van der Waals surface area contributed by atoms with Gasteiger partial charge in [0.05, 0.1) is 30.0 Å². The molecule has 0 aliphatic heterocycles. The van der Waals surface area contributed by atoms with Crippen LogP contribution < -0.4 is 5.32 Å². The van der Waals surface area contributed by atoms with Crippen molar-refractivity contribution in [2.75, 3.05) is 0 Å². The van der Waals surface area contributed by atoms with Crippen molar-refractivity contribution in [1.82, 2.24) is 30.2 Å². The van der Waals surface area contributed by atoms with E-state index in [2.05, 4.69) is 25.3 Å². The molecule has 4 aromatic rings. The van der Waals surface area contributed by atoms with Crippen molar-refractivity contribution in [2.24, 2.45) is 0 Å². The molecule has 3 N–H and O–H groups in total. The molecule has 0 aliphatic carbocycles. The molecule has 0 bridgehead atoms. The van der Waals surface area contributed by atoms with Crippen molar-refractivity contribution in [3.8, 4) is 22.6 Å². The zero-order valence-electron chi connectivity index (χ0n) is 15.7. The Morgan fingerprint density at radius 3 is 2.57 bits per heavy atom. The van der Waals surface area contributed by atoms with Crippen LogP contribution in [0.5, 0.6) is 0 Å². The molecule has 3 heterocycles. The van der Waals surface area contributed by atoms with Gasteiger partial charge in [0, 0.05) is 17.5 Å². The summed E-state index contributed by atoms with van der Waals surface area (Å²) in [5, 5.41) is 2.86. The summed E-state index contributed by atoms with van der Waals surface area (Å²) in [6.45, 7) is 4.12. The summed E-state index contributed by atoms with van der Waals surface area (Å²) in [6.07, 6.45) is 3.25. The number of imidazole rings is 2. The molecular formula is C21H20N6O. The first kappa shape index (κ1) is 17.7. The molecule has 4 rings (SSSR count). The number of aryl methyl sites for hydroxylation is 2. The smallest absolute Gasteiger partial charge is 0.272 e. The quantitative estimate of drug-likeness (QED) is 0.500. The maximum Gasteiger partial charge on any atom is 0.272 e. The van der Waals surface area contributed by atoms with Gasteiger partial charge in [-0.05, 0) is 26.0 Å². The predicted molar refractivity (Wildman–Crippen MR) is 106 cm³/mol. The highest BCUT2D eigenvalue weighted by atomic mass is 16.1. The molecule has 0 spiro atoms. The van der Waals surface area contributed by atoms with Crippen LogP contribution in [0.25, 0.3) is 22.6 Å². The summed E-state index contributed by atoms with van der Waals surface area (Å²) in [7, 11) is 0. The minimum absolute atomic E-state index is 0.244. The minimum Gasteiger partial charge on any atom is -0.348 e. The Kier molecular flexibility index (Phi) is 4.72. The van der Waals surface area contributed by atoms with E-state index < -0.39 is 0 Å². The number of H-pyrrole nitrogens is 2. The highest BCUT2D eigenvalue weighted by Crippen LogP contribution is 2.29. The topological polar surface area (TPSA) is 99.4 Å². The van der Waals surface area contributed by atoms with Crippen molar-refractivity contribution in [1.29, 1.82) is 0 Å². The van der Waals surface area contributed by atoms with E-state index in [0.717, 1.165) is 28.3 Å². The Labute approximate surface area is 162 Å². The summed E-state index contributed by atoms with van der Waals surface area (Å²) >= 11 is 0. The summed E-state index contributed by atoms with van der Waals surface area (Å²) in [4.78, 5) is 31.7. The molecule has 0 atom stereocenters. The van der Waals surface area contributed by atoms with Crippen molar-refractivity contribution >= 4 is 5.91 Å². The molecule has 7 heteroatoms. The average molecular weight is 372 g/mol. The summed E-state index contributed by atoms with van der Waals surface area (Å²) in [5.41, 5.74) is 5.71. The zero-order valence-corrected chi connectivity index (χ0v) is 15.7. The summed E-state index contributed by atoms with van der Waals surface area (Å²) in [5.74, 6) is 0.407. The largest absolute Gasteiger partial charge is 0.348 e. The third-order valence-electron chi connectivity index (χ3n) is 4.46. The van der Waals surface area contributed by atoms with Gasteiger partial charge in [0.15, 0.2) is 0 Å². The van der Waals surface area contributed by atoms with Crippen LogP contribution in [-0.2, 0) is 6.54 Å². The number of pyridine rings is 1. The molecule has 0 unspecified atom stereocenters. The van der Waals surface area contributed by atoms with E-state index >= 15 is 0 Å². The second-order valence-corrected chi connectivity index (χ2v) is 6.55. The van der Waals surface area contributed by atoms with Gasteiger partial charge in [-0.3, -0.25) is 9.78 Å². The molecule has 0 saturated carbocycles. The van der Waals surface area contributed by atoms with Crippen molar-refractivity contribution in [3.05, 3.63) is 77.8 Å². The van der Waals surface area contributed by atoms with Crippen LogP contribution >= 0.6 is 0 Å². The number of nitrogens with zero attached hydrogens (tertiary/aromatic N) is 3. The zero-order chi connectivity index (χ0) is 19.5. The summed E-state index contributed by atoms with van der Waals surface area (Å²) < 4.78 is 0. The number of hydrogen-bond donors (Lipinski definition) is 3. The first-order valence-corrected chi connectivity index (χ1v) is 8.97. The number of rotatable bonds is 5. The molecule has 7 nitrogen and oxygen atoms in total. The second-order valence-electron chi connectivity index (χ2n) is 6.55. The number of nitrogens with one attached hydrogen (secondary N) is 3. The third kappa shape index (κ3) is 3.55. The fraction of sp³-hybridized carbons (Fsp3) is 0.143. The van der Waals surface area contributed by atoms with Crippen LogP contribution in [0.2, 0.25) is 0 Å². The summed E-state index contributed by atoms with van der Waals surface area (Å²) in [6, 6.07) is 13.9. The van der Waals surface area contributed by atoms with E-state index in [1.807, 2.05) is 56.3 Å². The van der Waals surface area contributed by atoms with E-state index in [9.17, 15) is 4.79 Å². The Bertz CT molecular complexity index is 1100. The molecule has 0 saturated heterocycles. The predicted octanol–water partition coefficient (Wildman–Crippen LogP) is 3.41. The Morgan fingerprint density at radius 2 is 1.89 bits per heavy atom. The fourth-order valence-corrected chi connectivity index (χ4v) is 2.96. The highest BCUT2D eigenvalue weighted by molar-refractivity contribution is 5.93. The maximum absolute atomic E-state index is 12.3. The monoisotopic (exact) mass is 372 g/mol. The number of aromatic nitrogens is 5. The van der Waals surface area contributed by atoms with E-state index in [1.54, 1.807) is 6.20 Å². The minimum atomic E-state index is -0.244. The number of aromatic amines is 2. The third-order valence-corrected chi connectivity index (χ3v) is 4.46. The lowest BCUT2D eigenvalue weighted by Crippen LogP contribution is -2.24. The van der Waals surface area contributed by atoms with E-state index in [-0.39, 0.29) is 12.5 Å². The average Bonchev–Trinajstić information content (AvgIpc) is 3.34. The van der Waals surface area contributed by atoms with Gasteiger partial charge in [-0.25, -0.2) is 9.97 Å². The van der Waals surface area contributed by atoms with E-state index in [1.165, 1.54) is 11.9 Å². The Balaban J connectivity index is 1.64. The van der Waals surface area contributed by atoms with Crippen molar-refractivity contribution in [3.63, 3.8) is 0 Å². The number of hydrogen-bond acceptors (Lipinski definition) is 4. The number of carbonyl (C=O) groups excluding carboxylic acids is 1. The number of benzene rings is 1. The lowest BCUT2D eigenvalue weighted by molar-refractivity contribution is 0.0945. The molecule has 0 aliphatic rings. The number of carbonyl (C=O) groups is 1. The van der Waals surface area contributed by atoms with Crippen LogP contribution in [0.3, 0.4) is 0 Å². The molecule has 28 heavy (non-hydrogen) atoms. The Morgan fingerprint density at radius 1 is 1.07 bits per heavy atom. The fourth-order valence-electron chi connectivity index (χ4n) is 2.96. The number of amides is 1. The first-order valence-electron chi connectivity index (χ1n) is 8.97. The van der Waals surface area contributed by atoms with Crippen LogP contribution in [0.1, 0.15) is 27.6 Å². The molecular weight excluding hydrogens is 352 g/mol. The normalized spacial score (nSPS) is 10.8. The molecule has 1 amide bonds. The van der Waals surface area contributed by atoms with Crippen LogP contribution in [0, 0.1) is 13.8 Å². The Hall–Kier alpha value is -3.74. The SMILES string of the molecule is Cc1ccc(-c2nc(CNC(=O)c3nc[nH]c3C)[nH]c2-c2ccccn2)cc1. The van der Waals surface area contributed by atoms with Crippen LogP contribution in [0.15, 0.2) is 55.0 Å². The maximum atomic E-state index is 12.3. The molecule has 0 radical (unpaired) electrons. The lowest BCUT2D eigenvalue weighted by atomic mass is 10.1. The van der Waals surface area contributed by atoms with Gasteiger partial charge in [0.25, 0.3) is 5.91 Å². The van der Waals surface area contributed by atoms with Gasteiger partial charge < -0.3 is 15.3 Å². The van der Waals surface area contributed by atoms with Crippen molar-refractivity contribution < 1.29 is 4.79 Å². The first-order chi connectivity index (χ1) is 13.6. The van der Waals surface area contributed by atoms with Crippen LogP contribution in [-0.4, -0.2) is 30.8 Å². The van der Waals surface area contributed by atoms with Gasteiger partial charge in [0.2, 0.25) is 0 Å². The molecule has 1 aromatic carbocycles.